The lowest BCUT2D eigenvalue weighted by Crippen LogP contribution is -2.33. The molecule has 1 aromatic heterocycles. The average molecular weight is 640 g/mol. The number of imide groups is 1. The first-order valence-electron chi connectivity index (χ1n) is 13.2. The molecular formula is C30H23ClFN3O6S2. The van der Waals surface area contributed by atoms with E-state index in [1.54, 1.807) is 43.3 Å². The fraction of sp³-hybridized carbons (Fsp3) is 0.200. The summed E-state index contributed by atoms with van der Waals surface area (Å²) in [6, 6.07) is 16.3. The maximum Gasteiger partial charge on any atom is 0.308 e. The van der Waals surface area contributed by atoms with Gasteiger partial charge in [0.05, 0.1) is 23.2 Å². The number of aromatic hydroxyl groups is 1. The number of aromatic nitrogens is 1. The molecule has 1 saturated heterocycles. The van der Waals surface area contributed by atoms with E-state index in [0.29, 0.717) is 31.9 Å². The first-order valence-corrected chi connectivity index (χ1v) is 15.3. The normalized spacial score (nSPS) is 19.2. The summed E-state index contributed by atoms with van der Waals surface area (Å²) in [7, 11) is 0. The summed E-state index contributed by atoms with van der Waals surface area (Å²) in [6.07, 6.45) is 0. The van der Waals surface area contributed by atoms with Crippen molar-refractivity contribution in [2.75, 3.05) is 16.8 Å². The number of carbonyl (C=O) groups excluding carboxylic acids is 3. The number of nitrogens with zero attached hydrogens (tertiary/aromatic N) is 2. The number of rotatable bonds is 7. The fourth-order valence-corrected chi connectivity index (χ4v) is 8.23. The van der Waals surface area contributed by atoms with Crippen LogP contribution < -0.4 is 19.8 Å². The average Bonchev–Trinajstić information content (AvgIpc) is 3.42. The summed E-state index contributed by atoms with van der Waals surface area (Å²) in [5.41, 5.74) is 1.30. The predicted octanol–water partition coefficient (Wildman–Crippen LogP) is 5.24. The van der Waals surface area contributed by atoms with Gasteiger partial charge in [0.1, 0.15) is 17.6 Å². The molecule has 0 aliphatic carbocycles. The van der Waals surface area contributed by atoms with Crippen LogP contribution in [0.25, 0.3) is 0 Å². The smallest absolute Gasteiger partial charge is 0.308 e. The number of benzene rings is 3. The van der Waals surface area contributed by atoms with Crippen molar-refractivity contribution in [3.8, 4) is 11.5 Å². The quantitative estimate of drug-likeness (QED) is 0.266. The van der Waals surface area contributed by atoms with Gasteiger partial charge < -0.3 is 15.2 Å². The lowest BCUT2D eigenvalue weighted by molar-refractivity contribution is -0.122. The van der Waals surface area contributed by atoms with E-state index in [-0.39, 0.29) is 24.7 Å². The minimum atomic E-state index is -0.898. The highest BCUT2D eigenvalue weighted by atomic mass is 35.5. The summed E-state index contributed by atoms with van der Waals surface area (Å²) in [6.45, 7) is 1.69. The number of fused-ring (bicyclic) bond motifs is 2. The van der Waals surface area contributed by atoms with Gasteiger partial charge in [0, 0.05) is 21.5 Å². The molecule has 0 saturated carbocycles. The van der Waals surface area contributed by atoms with Gasteiger partial charge in [-0.1, -0.05) is 40.8 Å². The molecule has 3 aromatic carbocycles. The molecule has 2 N–H and O–H groups in total. The molecule has 2 aliphatic rings. The number of nitrogens with one attached hydrogen (secondary N) is 1. The Hall–Kier alpha value is -4.13. The van der Waals surface area contributed by atoms with Crippen molar-refractivity contribution < 1.29 is 28.6 Å². The number of carbonyl (C=O) groups is 3. The van der Waals surface area contributed by atoms with Crippen LogP contribution in [0.4, 0.5) is 15.8 Å². The van der Waals surface area contributed by atoms with Crippen LogP contribution in [0.1, 0.15) is 23.3 Å². The number of thioether (sulfide) groups is 1. The summed E-state index contributed by atoms with van der Waals surface area (Å²) >= 11 is 8.02. The molecule has 9 nitrogen and oxygen atoms in total. The van der Waals surface area contributed by atoms with Crippen molar-refractivity contribution in [2.24, 2.45) is 5.92 Å². The van der Waals surface area contributed by atoms with Crippen LogP contribution >= 0.6 is 34.7 Å². The highest BCUT2D eigenvalue weighted by Gasteiger charge is 2.57. The number of hydrogen-bond acceptors (Lipinski definition) is 8. The fourth-order valence-electron chi connectivity index (χ4n) is 5.33. The van der Waals surface area contributed by atoms with Crippen LogP contribution in [0.3, 0.4) is 0 Å². The Balaban J connectivity index is 1.43. The van der Waals surface area contributed by atoms with Crippen LogP contribution in [0.2, 0.25) is 5.02 Å². The molecule has 220 valence electrons. The van der Waals surface area contributed by atoms with E-state index < -0.39 is 45.5 Å². The van der Waals surface area contributed by atoms with Gasteiger partial charge in [-0.15, -0.1) is 0 Å². The van der Waals surface area contributed by atoms with Gasteiger partial charge in [0.25, 0.3) is 0 Å². The molecular weight excluding hydrogens is 617 g/mol. The Kier molecular flexibility index (Phi) is 7.75. The molecule has 43 heavy (non-hydrogen) atoms. The number of anilines is 2. The van der Waals surface area contributed by atoms with E-state index in [4.69, 9.17) is 16.3 Å². The third kappa shape index (κ3) is 5.30. The Labute approximate surface area is 257 Å². The molecule has 6 rings (SSSR count). The monoisotopic (exact) mass is 639 g/mol. The Morgan fingerprint density at radius 1 is 1.05 bits per heavy atom. The Morgan fingerprint density at radius 2 is 1.77 bits per heavy atom. The molecule has 0 radical (unpaired) electrons. The first-order chi connectivity index (χ1) is 20.7. The van der Waals surface area contributed by atoms with Crippen molar-refractivity contribution in [1.82, 2.24) is 4.57 Å². The standard InChI is InChI=1S/C30H23ClFN3O6S2/c1-2-41-21-13-15(3-12-20(21)36)23-24-25(28(39)35(27(24)38)19-10-4-16(31)5-11-19)42-29-26(23)43-30(40)34(29)14-22(37)33-18-8-6-17(32)7-9-18/h3-13,23-25,36H,2,14H2,1H3,(H,33,37)/t23-,24+,25-/m0/s1. The highest BCUT2D eigenvalue weighted by Crippen LogP contribution is 2.54. The van der Waals surface area contributed by atoms with Crippen molar-refractivity contribution in [1.29, 1.82) is 0 Å². The molecule has 0 bridgehead atoms. The Bertz CT molecular complexity index is 1810. The van der Waals surface area contributed by atoms with E-state index in [9.17, 15) is 28.7 Å². The highest BCUT2D eigenvalue weighted by molar-refractivity contribution is 8.00. The maximum atomic E-state index is 14.0. The van der Waals surface area contributed by atoms with Gasteiger partial charge in [-0.05, 0) is 73.2 Å². The number of phenolic OH excluding ortho intramolecular Hbond substituents is 1. The number of amides is 3. The molecule has 3 amide bonds. The number of halogens is 2. The van der Waals surface area contributed by atoms with Gasteiger partial charge in [0.2, 0.25) is 17.7 Å². The van der Waals surface area contributed by atoms with E-state index in [1.807, 2.05) is 0 Å². The van der Waals surface area contributed by atoms with E-state index in [2.05, 4.69) is 5.32 Å². The maximum absolute atomic E-state index is 14.0. The molecule has 4 aromatic rings. The predicted molar refractivity (Wildman–Crippen MR) is 162 cm³/mol. The SMILES string of the molecule is CCOc1cc([C@@H]2c3sc(=O)n(CC(=O)Nc4ccc(F)cc4)c3S[C@@H]3C(=O)N(c4ccc(Cl)cc4)C(=O)[C@H]23)ccc1O. The zero-order valence-electron chi connectivity index (χ0n) is 22.5. The van der Waals surface area contributed by atoms with Crippen molar-refractivity contribution >= 4 is 63.8 Å². The van der Waals surface area contributed by atoms with Crippen LogP contribution in [-0.4, -0.2) is 39.3 Å². The molecule has 1 fully saturated rings. The van der Waals surface area contributed by atoms with Crippen LogP contribution in [0.15, 0.2) is 76.6 Å². The largest absolute Gasteiger partial charge is 0.504 e. The third-order valence-electron chi connectivity index (χ3n) is 7.21. The molecule has 2 aliphatic heterocycles. The second-order valence-electron chi connectivity index (χ2n) is 9.87. The summed E-state index contributed by atoms with van der Waals surface area (Å²) in [4.78, 5) is 55.4. The van der Waals surface area contributed by atoms with Crippen LogP contribution in [0.5, 0.6) is 11.5 Å². The molecule has 3 heterocycles. The number of thiazole rings is 1. The van der Waals surface area contributed by atoms with Gasteiger partial charge >= 0.3 is 4.87 Å². The lowest BCUT2D eigenvalue weighted by Gasteiger charge is -2.31. The van der Waals surface area contributed by atoms with Gasteiger partial charge in [-0.3, -0.25) is 23.7 Å². The van der Waals surface area contributed by atoms with Crippen LogP contribution in [-0.2, 0) is 20.9 Å². The van der Waals surface area contributed by atoms with E-state index in [1.165, 1.54) is 34.9 Å². The summed E-state index contributed by atoms with van der Waals surface area (Å²) in [5.74, 6) is -3.37. The number of hydrogen-bond donors (Lipinski definition) is 2. The van der Waals surface area contributed by atoms with E-state index >= 15 is 0 Å². The van der Waals surface area contributed by atoms with Gasteiger partial charge in [0.15, 0.2) is 11.5 Å². The summed E-state index contributed by atoms with van der Waals surface area (Å²) < 4.78 is 20.2. The second-order valence-corrected chi connectivity index (χ2v) is 12.4. The second kappa shape index (κ2) is 11.5. The molecule has 0 unspecified atom stereocenters. The Morgan fingerprint density at radius 3 is 2.47 bits per heavy atom. The topological polar surface area (TPSA) is 118 Å². The zero-order valence-corrected chi connectivity index (χ0v) is 24.8. The van der Waals surface area contributed by atoms with Crippen molar-refractivity contribution in [3.63, 3.8) is 0 Å². The molecule has 0 spiro atoms. The zero-order chi connectivity index (χ0) is 30.4. The first kappa shape index (κ1) is 29.0. The molecule has 13 heteroatoms. The van der Waals surface area contributed by atoms with Crippen LogP contribution in [0, 0.1) is 11.7 Å². The van der Waals surface area contributed by atoms with E-state index in [0.717, 1.165) is 28.0 Å². The lowest BCUT2D eigenvalue weighted by atomic mass is 9.83. The van der Waals surface area contributed by atoms with Crippen molar-refractivity contribution in [2.45, 2.75) is 29.7 Å². The van der Waals surface area contributed by atoms with Gasteiger partial charge in [-0.2, -0.15) is 0 Å². The third-order valence-corrected chi connectivity index (χ3v) is 10.1. The van der Waals surface area contributed by atoms with Crippen molar-refractivity contribution in [3.05, 3.63) is 97.7 Å². The minimum absolute atomic E-state index is 0.0904. The number of ether oxygens (including phenoxy) is 1. The molecule has 3 atom stereocenters. The minimum Gasteiger partial charge on any atom is -0.504 e. The number of phenols is 1. The van der Waals surface area contributed by atoms with Gasteiger partial charge in [-0.25, -0.2) is 9.29 Å². The summed E-state index contributed by atoms with van der Waals surface area (Å²) in [5, 5.41) is 13.0.